The summed E-state index contributed by atoms with van der Waals surface area (Å²) in [6.07, 6.45) is 3.25. The van der Waals surface area contributed by atoms with Gasteiger partial charge in [-0.1, -0.05) is 48.2 Å². The zero-order valence-corrected chi connectivity index (χ0v) is 20.5. The van der Waals surface area contributed by atoms with E-state index >= 15 is 0 Å². The molecular formula is C26H29N5O3S. The van der Waals surface area contributed by atoms with E-state index in [4.69, 9.17) is 9.84 Å². The SMILES string of the molecule is O=C(CSc1ccccn1)N1CCc2c(c(C(=O)N3CCOCC3)nn2CCc2ccccc2)C1. The number of carbonyl (C=O) groups excluding carboxylic acids is 2. The van der Waals surface area contributed by atoms with Crippen molar-refractivity contribution in [3.63, 3.8) is 0 Å². The lowest BCUT2D eigenvalue weighted by Crippen LogP contribution is -2.42. The summed E-state index contributed by atoms with van der Waals surface area (Å²) in [5.41, 5.74) is 3.66. The highest BCUT2D eigenvalue weighted by Crippen LogP contribution is 2.26. The number of pyridine rings is 1. The summed E-state index contributed by atoms with van der Waals surface area (Å²) in [5, 5.41) is 5.63. The van der Waals surface area contributed by atoms with E-state index in [0.717, 1.165) is 22.7 Å². The third-order valence-electron chi connectivity index (χ3n) is 6.42. The van der Waals surface area contributed by atoms with E-state index in [1.54, 1.807) is 6.20 Å². The lowest BCUT2D eigenvalue weighted by molar-refractivity contribution is -0.129. The fourth-order valence-corrected chi connectivity index (χ4v) is 5.28. The van der Waals surface area contributed by atoms with Crippen molar-refractivity contribution in [2.24, 2.45) is 0 Å². The average molecular weight is 492 g/mol. The largest absolute Gasteiger partial charge is 0.378 e. The monoisotopic (exact) mass is 491 g/mol. The van der Waals surface area contributed by atoms with E-state index in [9.17, 15) is 9.59 Å². The van der Waals surface area contributed by atoms with Gasteiger partial charge in [0.25, 0.3) is 5.91 Å². The molecule has 9 heteroatoms. The number of nitrogens with zero attached hydrogens (tertiary/aromatic N) is 5. The second-order valence-corrected chi connectivity index (χ2v) is 9.65. The van der Waals surface area contributed by atoms with Gasteiger partial charge in [0.05, 0.1) is 24.0 Å². The van der Waals surface area contributed by atoms with E-state index in [1.165, 1.54) is 17.3 Å². The first-order valence-corrected chi connectivity index (χ1v) is 13.0. The molecule has 0 spiro atoms. The number of fused-ring (bicyclic) bond motifs is 1. The maximum absolute atomic E-state index is 13.4. The topological polar surface area (TPSA) is 80.6 Å². The van der Waals surface area contributed by atoms with E-state index in [-0.39, 0.29) is 11.8 Å². The highest BCUT2D eigenvalue weighted by atomic mass is 32.2. The second kappa shape index (κ2) is 11.0. The van der Waals surface area contributed by atoms with Crippen LogP contribution in [0.3, 0.4) is 0 Å². The van der Waals surface area contributed by atoms with E-state index < -0.39 is 0 Å². The van der Waals surface area contributed by atoms with E-state index in [1.807, 2.05) is 50.9 Å². The van der Waals surface area contributed by atoms with Crippen LogP contribution in [0.1, 0.15) is 27.3 Å². The third-order valence-corrected chi connectivity index (χ3v) is 7.35. The number of rotatable bonds is 7. The van der Waals surface area contributed by atoms with Gasteiger partial charge in [-0.3, -0.25) is 14.3 Å². The summed E-state index contributed by atoms with van der Waals surface area (Å²) in [6, 6.07) is 16.0. The van der Waals surface area contributed by atoms with Crippen LogP contribution in [0.2, 0.25) is 0 Å². The van der Waals surface area contributed by atoms with Gasteiger partial charge in [-0.25, -0.2) is 4.98 Å². The molecule has 8 nitrogen and oxygen atoms in total. The number of hydrogen-bond donors (Lipinski definition) is 0. The molecule has 4 heterocycles. The minimum absolute atomic E-state index is 0.0492. The Morgan fingerprint density at radius 1 is 0.971 bits per heavy atom. The number of ether oxygens (including phenoxy) is 1. The Kier molecular flexibility index (Phi) is 7.44. The smallest absolute Gasteiger partial charge is 0.274 e. The van der Waals surface area contributed by atoms with Crippen molar-refractivity contribution < 1.29 is 14.3 Å². The zero-order chi connectivity index (χ0) is 24.0. The molecule has 0 bridgehead atoms. The number of thioether (sulfide) groups is 1. The van der Waals surface area contributed by atoms with Crippen molar-refractivity contribution in [2.45, 2.75) is 31.0 Å². The van der Waals surface area contributed by atoms with E-state index in [0.29, 0.717) is 63.8 Å². The number of hydrogen-bond acceptors (Lipinski definition) is 6. The summed E-state index contributed by atoms with van der Waals surface area (Å²) in [7, 11) is 0. The van der Waals surface area contributed by atoms with Gasteiger partial charge >= 0.3 is 0 Å². The van der Waals surface area contributed by atoms with Crippen molar-refractivity contribution in [3.8, 4) is 0 Å². The number of amides is 2. The summed E-state index contributed by atoms with van der Waals surface area (Å²) >= 11 is 1.44. The zero-order valence-electron chi connectivity index (χ0n) is 19.6. The average Bonchev–Trinajstić information content (AvgIpc) is 3.29. The van der Waals surface area contributed by atoms with Gasteiger partial charge in [-0.2, -0.15) is 5.10 Å². The van der Waals surface area contributed by atoms with Crippen molar-refractivity contribution in [2.75, 3.05) is 38.6 Å². The predicted molar refractivity (Wildman–Crippen MR) is 133 cm³/mol. The number of morpholine rings is 1. The molecule has 0 unspecified atom stereocenters. The van der Waals surface area contributed by atoms with Gasteiger partial charge in [0.2, 0.25) is 5.91 Å². The summed E-state index contributed by atoms with van der Waals surface area (Å²) in [6.45, 7) is 3.94. The maximum Gasteiger partial charge on any atom is 0.274 e. The summed E-state index contributed by atoms with van der Waals surface area (Å²) < 4.78 is 7.41. The number of aryl methyl sites for hydroxylation is 2. The van der Waals surface area contributed by atoms with Crippen LogP contribution in [0.15, 0.2) is 59.8 Å². The Bertz CT molecular complexity index is 1160. The Balaban J connectivity index is 1.34. The quantitative estimate of drug-likeness (QED) is 0.473. The van der Waals surface area contributed by atoms with Gasteiger partial charge in [-0.05, 0) is 24.1 Å². The molecule has 0 radical (unpaired) electrons. The van der Waals surface area contributed by atoms with Crippen LogP contribution in [0.5, 0.6) is 0 Å². The highest BCUT2D eigenvalue weighted by Gasteiger charge is 2.32. The van der Waals surface area contributed by atoms with Gasteiger partial charge < -0.3 is 14.5 Å². The molecule has 0 aliphatic carbocycles. The van der Waals surface area contributed by atoms with Crippen LogP contribution >= 0.6 is 11.8 Å². The second-order valence-electron chi connectivity index (χ2n) is 8.66. The minimum Gasteiger partial charge on any atom is -0.378 e. The van der Waals surface area contributed by atoms with Crippen LogP contribution in [0.25, 0.3) is 0 Å². The molecule has 0 atom stereocenters. The normalized spacial score (nSPS) is 15.7. The fraction of sp³-hybridized carbons (Fsp3) is 0.385. The Labute approximate surface area is 209 Å². The molecule has 2 aliphatic heterocycles. The van der Waals surface area contributed by atoms with Crippen LogP contribution in [-0.2, 0) is 35.5 Å². The van der Waals surface area contributed by atoms with Crippen molar-refractivity contribution >= 4 is 23.6 Å². The van der Waals surface area contributed by atoms with Crippen LogP contribution in [0, 0.1) is 0 Å². The number of benzene rings is 1. The fourth-order valence-electron chi connectivity index (χ4n) is 4.52. The molecule has 3 aromatic rings. The van der Waals surface area contributed by atoms with Crippen molar-refractivity contribution in [3.05, 3.63) is 77.2 Å². The minimum atomic E-state index is -0.0693. The van der Waals surface area contributed by atoms with Gasteiger partial charge in [0, 0.05) is 56.6 Å². The van der Waals surface area contributed by atoms with Crippen LogP contribution in [-0.4, -0.2) is 75.0 Å². The maximum atomic E-state index is 13.4. The molecule has 2 aromatic heterocycles. The molecule has 182 valence electrons. The van der Waals surface area contributed by atoms with Gasteiger partial charge in [0.15, 0.2) is 5.69 Å². The molecule has 2 aliphatic rings. The van der Waals surface area contributed by atoms with Crippen LogP contribution in [0.4, 0.5) is 0 Å². The first kappa shape index (κ1) is 23.6. The Hall–Kier alpha value is -3.17. The van der Waals surface area contributed by atoms with Crippen molar-refractivity contribution in [1.82, 2.24) is 24.6 Å². The van der Waals surface area contributed by atoms with Crippen molar-refractivity contribution in [1.29, 1.82) is 0 Å². The third kappa shape index (κ3) is 5.57. The molecule has 1 fully saturated rings. The van der Waals surface area contributed by atoms with E-state index in [2.05, 4.69) is 17.1 Å². The first-order chi connectivity index (χ1) is 17.2. The molecule has 0 N–H and O–H groups in total. The Morgan fingerprint density at radius 3 is 2.54 bits per heavy atom. The van der Waals surface area contributed by atoms with Gasteiger partial charge in [-0.15, -0.1) is 0 Å². The first-order valence-electron chi connectivity index (χ1n) is 12.0. The van der Waals surface area contributed by atoms with Gasteiger partial charge in [0.1, 0.15) is 0 Å². The Morgan fingerprint density at radius 2 is 1.77 bits per heavy atom. The summed E-state index contributed by atoms with van der Waals surface area (Å²) in [5.74, 6) is 0.301. The number of aromatic nitrogens is 3. The molecule has 35 heavy (non-hydrogen) atoms. The lowest BCUT2D eigenvalue weighted by Gasteiger charge is -2.29. The molecular weight excluding hydrogens is 462 g/mol. The molecule has 1 aromatic carbocycles. The molecule has 1 saturated heterocycles. The lowest BCUT2D eigenvalue weighted by atomic mass is 10.0. The number of carbonyl (C=O) groups is 2. The molecule has 2 amide bonds. The standard InChI is InChI=1S/C26H29N5O3S/c32-24(19-35-23-8-4-5-11-27-23)30-12-10-22-21(18-30)25(26(33)29-14-16-34-17-15-29)28-31(22)13-9-20-6-2-1-3-7-20/h1-8,11H,9-10,12-19H2. The molecule has 5 rings (SSSR count). The molecule has 0 saturated carbocycles. The van der Waals surface area contributed by atoms with Crippen LogP contribution < -0.4 is 0 Å². The highest BCUT2D eigenvalue weighted by molar-refractivity contribution is 7.99. The predicted octanol–water partition coefficient (Wildman–Crippen LogP) is 2.67. The summed E-state index contributed by atoms with van der Waals surface area (Å²) in [4.78, 5) is 34.4.